The Labute approximate surface area is 134 Å². The van der Waals surface area contributed by atoms with Crippen molar-refractivity contribution < 1.29 is 4.79 Å². The van der Waals surface area contributed by atoms with Gasteiger partial charge in [0.25, 0.3) is 0 Å². The Kier molecular flexibility index (Phi) is 5.54. The summed E-state index contributed by atoms with van der Waals surface area (Å²) in [4.78, 5) is 12.3. The fraction of sp³-hybridized carbons (Fsp3) is 0.467. The van der Waals surface area contributed by atoms with Crippen molar-refractivity contribution in [2.45, 2.75) is 44.6 Å². The lowest BCUT2D eigenvalue weighted by Crippen LogP contribution is -2.23. The van der Waals surface area contributed by atoms with E-state index in [1.807, 2.05) is 38.1 Å². The van der Waals surface area contributed by atoms with Gasteiger partial charge in [0.15, 0.2) is 0 Å². The highest BCUT2D eigenvalue weighted by Crippen LogP contribution is 2.23. The summed E-state index contributed by atoms with van der Waals surface area (Å²) in [5, 5.41) is 15.0. The van der Waals surface area contributed by atoms with Crippen molar-refractivity contribution >= 4 is 23.4 Å². The van der Waals surface area contributed by atoms with Crippen LogP contribution >= 0.6 is 11.8 Å². The van der Waals surface area contributed by atoms with E-state index in [-0.39, 0.29) is 11.2 Å². The molecule has 0 saturated heterocycles. The third kappa shape index (κ3) is 4.30. The zero-order chi connectivity index (χ0) is 16.1. The second-order valence-corrected chi connectivity index (χ2v) is 6.91. The Bertz CT molecular complexity index is 640. The topological polar surface area (TPSA) is 72.7 Å². The minimum absolute atomic E-state index is 0.0570. The summed E-state index contributed by atoms with van der Waals surface area (Å²) in [5.74, 6) is 0.386. The van der Waals surface area contributed by atoms with Crippen LogP contribution in [0.2, 0.25) is 0 Å². The van der Waals surface area contributed by atoms with Crippen molar-refractivity contribution in [3.63, 3.8) is 0 Å². The number of tetrazole rings is 1. The van der Waals surface area contributed by atoms with Crippen molar-refractivity contribution in [3.05, 3.63) is 29.8 Å². The Morgan fingerprint density at radius 3 is 2.73 bits per heavy atom. The predicted molar refractivity (Wildman–Crippen MR) is 87.8 cm³/mol. The van der Waals surface area contributed by atoms with Crippen LogP contribution in [0.1, 0.15) is 26.3 Å². The molecule has 1 aromatic carbocycles. The lowest BCUT2D eigenvalue weighted by atomic mass is 10.2. The van der Waals surface area contributed by atoms with Crippen molar-refractivity contribution in [1.82, 2.24) is 20.2 Å². The largest absolute Gasteiger partial charge is 0.325 e. The van der Waals surface area contributed by atoms with Gasteiger partial charge in [0.05, 0.1) is 5.25 Å². The first-order valence-corrected chi connectivity index (χ1v) is 8.14. The molecule has 22 heavy (non-hydrogen) atoms. The molecule has 2 rings (SSSR count). The van der Waals surface area contributed by atoms with Gasteiger partial charge in [-0.05, 0) is 41.8 Å². The summed E-state index contributed by atoms with van der Waals surface area (Å²) in [6, 6.07) is 7.72. The first-order chi connectivity index (χ1) is 10.5. The third-order valence-electron chi connectivity index (χ3n) is 3.09. The maximum Gasteiger partial charge on any atom is 0.237 e. The molecule has 0 aliphatic rings. The molecular weight excluding hydrogens is 298 g/mol. The average Bonchev–Trinajstić information content (AvgIpc) is 2.87. The molecule has 118 valence electrons. The monoisotopic (exact) mass is 319 g/mol. The number of hydrogen-bond acceptors (Lipinski definition) is 5. The van der Waals surface area contributed by atoms with Crippen LogP contribution in [-0.2, 0) is 11.3 Å². The zero-order valence-electron chi connectivity index (χ0n) is 13.3. The second kappa shape index (κ2) is 7.40. The standard InChI is InChI=1S/C15H21N5OS/c1-10(2)9-20-15(17-18-19-20)22-12(4)14(21)16-13-8-6-5-7-11(13)3/h5-8,10,12H,9H2,1-4H3,(H,16,21). The summed E-state index contributed by atoms with van der Waals surface area (Å²) in [7, 11) is 0. The van der Waals surface area contributed by atoms with E-state index in [1.165, 1.54) is 11.8 Å². The van der Waals surface area contributed by atoms with E-state index < -0.39 is 0 Å². The van der Waals surface area contributed by atoms with E-state index in [2.05, 4.69) is 34.7 Å². The second-order valence-electron chi connectivity index (χ2n) is 5.60. The number of para-hydroxylation sites is 1. The normalized spacial score (nSPS) is 12.4. The van der Waals surface area contributed by atoms with Crippen LogP contribution in [-0.4, -0.2) is 31.4 Å². The maximum atomic E-state index is 12.3. The van der Waals surface area contributed by atoms with Crippen molar-refractivity contribution in [3.8, 4) is 0 Å². The molecule has 1 unspecified atom stereocenters. The number of aromatic nitrogens is 4. The fourth-order valence-corrected chi connectivity index (χ4v) is 2.70. The molecule has 0 aliphatic carbocycles. The summed E-state index contributed by atoms with van der Waals surface area (Å²) in [6.45, 7) is 8.76. The minimum Gasteiger partial charge on any atom is -0.325 e. The smallest absolute Gasteiger partial charge is 0.237 e. The number of rotatable bonds is 6. The summed E-state index contributed by atoms with van der Waals surface area (Å²) < 4.78 is 1.74. The van der Waals surface area contributed by atoms with Gasteiger partial charge in [-0.15, -0.1) is 5.10 Å². The SMILES string of the molecule is Cc1ccccc1NC(=O)C(C)Sc1nnnn1CC(C)C. The Morgan fingerprint density at radius 1 is 1.32 bits per heavy atom. The Morgan fingerprint density at radius 2 is 2.05 bits per heavy atom. The van der Waals surface area contributed by atoms with Gasteiger partial charge in [-0.2, -0.15) is 0 Å². The van der Waals surface area contributed by atoms with Crippen molar-refractivity contribution in [1.29, 1.82) is 0 Å². The van der Waals surface area contributed by atoms with Crippen molar-refractivity contribution in [2.24, 2.45) is 5.92 Å². The molecule has 1 aromatic heterocycles. The molecule has 0 fully saturated rings. The predicted octanol–water partition coefficient (Wildman–Crippen LogP) is 2.76. The number of thioether (sulfide) groups is 1. The fourth-order valence-electron chi connectivity index (χ4n) is 1.90. The molecule has 1 amide bonds. The van der Waals surface area contributed by atoms with Gasteiger partial charge in [-0.3, -0.25) is 4.79 Å². The van der Waals surface area contributed by atoms with Gasteiger partial charge in [0, 0.05) is 12.2 Å². The maximum absolute atomic E-state index is 12.3. The molecule has 0 bridgehead atoms. The zero-order valence-corrected chi connectivity index (χ0v) is 14.1. The number of benzene rings is 1. The highest BCUT2D eigenvalue weighted by Gasteiger charge is 2.19. The van der Waals surface area contributed by atoms with Crippen LogP contribution < -0.4 is 5.32 Å². The van der Waals surface area contributed by atoms with Gasteiger partial charge in [0.1, 0.15) is 0 Å². The molecule has 7 heteroatoms. The van der Waals surface area contributed by atoms with E-state index in [1.54, 1.807) is 4.68 Å². The van der Waals surface area contributed by atoms with Crippen LogP contribution in [0.3, 0.4) is 0 Å². The number of aryl methyl sites for hydroxylation is 1. The summed E-state index contributed by atoms with van der Waals surface area (Å²) >= 11 is 1.37. The molecule has 0 aliphatic heterocycles. The molecule has 1 N–H and O–H groups in total. The number of carbonyl (C=O) groups excluding carboxylic acids is 1. The molecular formula is C15H21N5OS. The highest BCUT2D eigenvalue weighted by molar-refractivity contribution is 8.00. The van der Waals surface area contributed by atoms with Crippen LogP contribution in [0.5, 0.6) is 0 Å². The molecule has 0 saturated carbocycles. The van der Waals surface area contributed by atoms with Gasteiger partial charge >= 0.3 is 0 Å². The minimum atomic E-state index is -0.281. The number of anilines is 1. The molecule has 1 atom stereocenters. The number of nitrogens with one attached hydrogen (secondary N) is 1. The Hall–Kier alpha value is -1.89. The van der Waals surface area contributed by atoms with Gasteiger partial charge in [-0.25, -0.2) is 4.68 Å². The van der Waals surface area contributed by atoms with Gasteiger partial charge in [-0.1, -0.05) is 43.8 Å². The lowest BCUT2D eigenvalue weighted by Gasteiger charge is -2.13. The van der Waals surface area contributed by atoms with Gasteiger partial charge in [0.2, 0.25) is 11.1 Å². The number of carbonyl (C=O) groups is 1. The molecule has 1 heterocycles. The first kappa shape index (κ1) is 16.5. The molecule has 0 radical (unpaired) electrons. The van der Waals surface area contributed by atoms with E-state index in [0.29, 0.717) is 11.1 Å². The van der Waals surface area contributed by atoms with E-state index in [4.69, 9.17) is 0 Å². The van der Waals surface area contributed by atoms with E-state index in [9.17, 15) is 4.79 Å². The molecule has 0 spiro atoms. The highest BCUT2D eigenvalue weighted by atomic mass is 32.2. The van der Waals surface area contributed by atoms with Crippen LogP contribution in [0.25, 0.3) is 0 Å². The van der Waals surface area contributed by atoms with E-state index in [0.717, 1.165) is 17.8 Å². The molecule has 6 nitrogen and oxygen atoms in total. The number of hydrogen-bond donors (Lipinski definition) is 1. The average molecular weight is 319 g/mol. The summed E-state index contributed by atoms with van der Waals surface area (Å²) in [6.07, 6.45) is 0. The number of nitrogens with zero attached hydrogens (tertiary/aromatic N) is 4. The number of amides is 1. The van der Waals surface area contributed by atoms with Crippen molar-refractivity contribution in [2.75, 3.05) is 5.32 Å². The van der Waals surface area contributed by atoms with Crippen LogP contribution in [0.4, 0.5) is 5.69 Å². The quantitative estimate of drug-likeness (QED) is 0.829. The van der Waals surface area contributed by atoms with E-state index >= 15 is 0 Å². The summed E-state index contributed by atoms with van der Waals surface area (Å²) in [5.41, 5.74) is 1.87. The first-order valence-electron chi connectivity index (χ1n) is 7.26. The molecule has 2 aromatic rings. The van der Waals surface area contributed by atoms with Crippen LogP contribution in [0.15, 0.2) is 29.4 Å². The third-order valence-corrected chi connectivity index (χ3v) is 4.16. The van der Waals surface area contributed by atoms with Crippen LogP contribution in [0, 0.1) is 12.8 Å². The lowest BCUT2D eigenvalue weighted by molar-refractivity contribution is -0.115. The van der Waals surface area contributed by atoms with Gasteiger partial charge < -0.3 is 5.32 Å². The Balaban J connectivity index is 2.00.